The highest BCUT2D eigenvalue weighted by atomic mass is 35.5. The van der Waals surface area contributed by atoms with Crippen LogP contribution in [0.1, 0.15) is 35.1 Å². The third kappa shape index (κ3) is 13.2. The fourth-order valence-electron chi connectivity index (χ4n) is 7.68. The third-order valence-corrected chi connectivity index (χ3v) is 18.1. The third-order valence-electron chi connectivity index (χ3n) is 11.4. The molecule has 79 heavy (non-hydrogen) atoms. The molecule has 5 aromatic carbocycles. The van der Waals surface area contributed by atoms with E-state index in [1.807, 2.05) is 6.07 Å². The van der Waals surface area contributed by atoms with Crippen LogP contribution < -0.4 is 4.74 Å². The molecule has 0 saturated carbocycles. The zero-order valence-corrected chi connectivity index (χ0v) is 46.9. The van der Waals surface area contributed by atoms with Gasteiger partial charge in [-0.2, -0.15) is 52.5 Å². The second-order valence-electron chi connectivity index (χ2n) is 17.0. The summed E-state index contributed by atoms with van der Waals surface area (Å²) in [7, 11) is -23.2. The number of hydrogen-bond donors (Lipinski definition) is 6. The molecule has 0 amide bonds. The summed E-state index contributed by atoms with van der Waals surface area (Å²) in [5.41, 5.74) is 0.600. The Kier molecular flexibility index (Phi) is 16.3. The highest BCUT2D eigenvalue weighted by Crippen LogP contribution is 2.44. The van der Waals surface area contributed by atoms with Gasteiger partial charge in [-0.15, -0.1) is 37.3 Å². The highest BCUT2D eigenvalue weighted by Gasteiger charge is 2.26. The number of ether oxygens (including phenoxy) is 1. The summed E-state index contributed by atoms with van der Waals surface area (Å²) in [5.74, 6) is -1.87. The largest absolute Gasteiger partial charge is 0.493 e. The van der Waals surface area contributed by atoms with Crippen molar-refractivity contribution in [3.63, 3.8) is 0 Å². The molecule has 0 fully saturated rings. The van der Waals surface area contributed by atoms with E-state index in [0.717, 1.165) is 57.8 Å². The van der Waals surface area contributed by atoms with Gasteiger partial charge < -0.3 is 9.84 Å². The zero-order chi connectivity index (χ0) is 57.7. The number of aryl methyl sites for hydroxylation is 2. The van der Waals surface area contributed by atoms with Gasteiger partial charge in [-0.1, -0.05) is 29.0 Å². The number of aromatic nitrogens is 3. The maximum atomic E-state index is 12.5. The summed E-state index contributed by atoms with van der Waals surface area (Å²) in [4.78, 5) is 7.14. The molecule has 3 heterocycles. The number of aromatic hydroxyl groups is 1. The second kappa shape index (κ2) is 22.1. The molecule has 27 nitrogen and oxygen atoms in total. The van der Waals surface area contributed by atoms with Gasteiger partial charge in [0.25, 0.3) is 50.6 Å². The summed E-state index contributed by atoms with van der Waals surface area (Å²) >= 11 is 8.01. The highest BCUT2D eigenvalue weighted by molar-refractivity contribution is 7.99. The molecule has 0 aliphatic rings. The van der Waals surface area contributed by atoms with Crippen LogP contribution in [0.25, 0.3) is 37.7 Å². The van der Waals surface area contributed by atoms with Gasteiger partial charge in [-0.3, -0.25) is 27.2 Å². The SMILES string of the molecule is Cc1cc(N=Nc2cc(OCCCS(=O)(=O)O)c(N=Nc3c(C)c(C#N)c4nc5cc(Cl)c(S(=O)(=O)O)cc5n4c3O)cc2C)c(SCCCS(=O)(=O)O)cc1N=Nc1nc2c(S(=O)(=O)O)cc3ccc(S(=O)(=O)O)cc3c2s1. The van der Waals surface area contributed by atoms with Gasteiger partial charge in [-0.25, -0.2) is 9.97 Å². The molecule has 0 aliphatic heterocycles. The molecule has 0 bridgehead atoms. The average molecular weight is 1240 g/mol. The number of fused-ring (bicyclic) bond motifs is 6. The van der Waals surface area contributed by atoms with Crippen molar-refractivity contribution >= 4 is 157 Å². The van der Waals surface area contributed by atoms with Gasteiger partial charge in [0.2, 0.25) is 11.0 Å². The van der Waals surface area contributed by atoms with Gasteiger partial charge >= 0.3 is 0 Å². The summed E-state index contributed by atoms with van der Waals surface area (Å²) < 4.78 is 175. The molecule has 0 atom stereocenters. The number of nitrogens with zero attached hydrogens (tertiary/aromatic N) is 10. The Morgan fingerprint density at radius 3 is 1.97 bits per heavy atom. The van der Waals surface area contributed by atoms with Crippen LogP contribution in [0.3, 0.4) is 0 Å². The van der Waals surface area contributed by atoms with Gasteiger partial charge in [0.15, 0.2) is 11.3 Å². The molecule has 8 aromatic rings. The van der Waals surface area contributed by atoms with Gasteiger partial charge in [-0.05, 0) is 104 Å². The smallest absolute Gasteiger partial charge is 0.296 e. The molecule has 0 spiro atoms. The lowest BCUT2D eigenvalue weighted by Crippen LogP contribution is -2.08. The number of imidazole rings is 1. The Bertz CT molecular complexity index is 4620. The van der Waals surface area contributed by atoms with Gasteiger partial charge in [0.05, 0.1) is 60.8 Å². The Morgan fingerprint density at radius 1 is 0.709 bits per heavy atom. The fourth-order valence-corrected chi connectivity index (χ4v) is 13.0. The van der Waals surface area contributed by atoms with Crippen LogP contribution in [-0.4, -0.2) is 108 Å². The summed E-state index contributed by atoms with van der Waals surface area (Å²) in [6, 6.07) is 14.4. The number of benzene rings is 5. The monoisotopic (exact) mass is 1240 g/mol. The number of thiazole rings is 1. The van der Waals surface area contributed by atoms with Crippen molar-refractivity contribution in [3.05, 3.63) is 87.9 Å². The Hall–Kier alpha value is -6.72. The fraction of sp³-hybridized carbons (Fsp3) is 0.205. The number of pyridine rings is 1. The molecule has 0 aliphatic carbocycles. The lowest BCUT2D eigenvalue weighted by molar-refractivity contribution is 0.317. The molecule has 3 aromatic heterocycles. The zero-order valence-electron chi connectivity index (χ0n) is 40.4. The summed E-state index contributed by atoms with van der Waals surface area (Å²) in [6.45, 7) is 4.36. The van der Waals surface area contributed by atoms with Crippen LogP contribution in [0.15, 0.2) is 111 Å². The predicted octanol–water partition coefficient (Wildman–Crippen LogP) is 10.4. The van der Waals surface area contributed by atoms with E-state index in [1.54, 1.807) is 19.9 Å². The minimum Gasteiger partial charge on any atom is -0.493 e. The van der Waals surface area contributed by atoms with E-state index in [1.165, 1.54) is 31.2 Å². The van der Waals surface area contributed by atoms with Crippen LogP contribution in [0.4, 0.5) is 33.6 Å². The standard InChI is InChI=1S/C44H37ClN10O17S7/c1-21-12-32(51-53-39-23(3)27(20-46)42-47-31-16-28(45)37(78(66,67)68)19-34(31)55(42)43(39)56)35(72-8-4-10-75(57,58)59)17-29(21)49-52-33-13-22(2)30(18-36(33)73-9-5-11-76(60,61)62)50-54-44-48-40-38(79(69,70)71)14-24-6-7-25(77(63,64)65)15-26(24)41(40)74-44/h6-7,12-19,56H,4-5,8-11H2,1-3H3,(H,57,58,59)(H,60,61,62)(H,63,64,65)(H,66,67,68)(H,69,70,71). The quantitative estimate of drug-likeness (QED) is 0.0190. The summed E-state index contributed by atoms with van der Waals surface area (Å²) in [5, 5.41) is 47.6. The van der Waals surface area contributed by atoms with Crippen molar-refractivity contribution in [3.8, 4) is 17.7 Å². The summed E-state index contributed by atoms with van der Waals surface area (Å²) in [6.07, 6.45) is -0.217. The van der Waals surface area contributed by atoms with Crippen molar-refractivity contribution in [1.29, 1.82) is 5.26 Å². The van der Waals surface area contributed by atoms with Crippen molar-refractivity contribution in [2.75, 3.05) is 23.9 Å². The van der Waals surface area contributed by atoms with Crippen molar-refractivity contribution in [2.45, 2.75) is 53.2 Å². The Morgan fingerprint density at radius 2 is 1.33 bits per heavy atom. The first-order chi connectivity index (χ1) is 36.8. The van der Waals surface area contributed by atoms with Crippen LogP contribution in [0.5, 0.6) is 11.6 Å². The first kappa shape index (κ1) is 58.4. The molecule has 8 rings (SSSR count). The maximum Gasteiger partial charge on any atom is 0.296 e. The van der Waals surface area contributed by atoms with Gasteiger partial charge in [0, 0.05) is 21.9 Å². The van der Waals surface area contributed by atoms with E-state index in [9.17, 15) is 75.2 Å². The number of hydrogen-bond acceptors (Lipinski definition) is 23. The van der Waals surface area contributed by atoms with E-state index in [0.29, 0.717) is 16.0 Å². The van der Waals surface area contributed by atoms with Crippen molar-refractivity contribution in [2.24, 2.45) is 30.7 Å². The molecule has 414 valence electrons. The number of thioether (sulfide) groups is 1. The van der Waals surface area contributed by atoms with Gasteiger partial charge in [0.1, 0.15) is 38.4 Å². The maximum absolute atomic E-state index is 12.5. The van der Waals surface area contributed by atoms with E-state index >= 15 is 0 Å². The number of rotatable bonds is 19. The first-order valence-corrected chi connectivity index (χ1v) is 31.8. The van der Waals surface area contributed by atoms with E-state index in [-0.39, 0.29) is 118 Å². The van der Waals surface area contributed by atoms with Crippen LogP contribution in [0.2, 0.25) is 5.02 Å². The van der Waals surface area contributed by atoms with Crippen LogP contribution in [0, 0.1) is 32.1 Å². The topological polar surface area (TPSA) is 429 Å². The minimum atomic E-state index is -4.88. The molecule has 0 saturated heterocycles. The predicted molar refractivity (Wildman–Crippen MR) is 289 cm³/mol. The number of halogens is 1. The Balaban J connectivity index is 1.18. The van der Waals surface area contributed by atoms with E-state index < -0.39 is 82.7 Å². The molecule has 0 unspecified atom stereocenters. The lowest BCUT2D eigenvalue weighted by atomic mass is 10.1. The normalized spacial score (nSPS) is 13.1. The molecular formula is C44H37ClN10O17S7. The first-order valence-electron chi connectivity index (χ1n) is 22.1. The number of nitriles is 1. The van der Waals surface area contributed by atoms with Crippen LogP contribution >= 0.6 is 34.7 Å². The van der Waals surface area contributed by atoms with E-state index in [2.05, 4.69) is 40.7 Å². The molecule has 0 radical (unpaired) electrons. The average Bonchev–Trinajstić information content (AvgIpc) is 4.03. The van der Waals surface area contributed by atoms with Crippen molar-refractivity contribution in [1.82, 2.24) is 14.4 Å². The molecular weight excluding hydrogens is 1200 g/mol. The van der Waals surface area contributed by atoms with E-state index in [4.69, 9.17) is 16.3 Å². The molecule has 35 heteroatoms. The number of azo groups is 3. The van der Waals surface area contributed by atoms with Crippen LogP contribution in [-0.2, 0) is 50.6 Å². The van der Waals surface area contributed by atoms with Crippen molar-refractivity contribution < 1.29 is 74.7 Å². The lowest BCUT2D eigenvalue weighted by Gasteiger charge is -2.12. The minimum absolute atomic E-state index is 0.0149. The Labute approximate surface area is 461 Å². The molecule has 6 N–H and O–H groups in total. The second-order valence-corrected chi connectivity index (χ2v) is 26.8.